The molecule has 0 bridgehead atoms. The number of aliphatic hydroxyl groups is 1. The van der Waals surface area contributed by atoms with E-state index in [1.165, 1.54) is 10.2 Å². The normalized spacial score (nSPS) is 12.4. The second-order valence-corrected chi connectivity index (χ2v) is 8.45. The van der Waals surface area contributed by atoms with E-state index in [4.69, 9.17) is 5.73 Å². The molecule has 33 heavy (non-hydrogen) atoms. The van der Waals surface area contributed by atoms with Crippen molar-refractivity contribution in [1.82, 2.24) is 24.6 Å². The Kier molecular flexibility index (Phi) is 8.73. The Bertz CT molecular complexity index is 1090. The van der Waals surface area contributed by atoms with Crippen molar-refractivity contribution in [3.63, 3.8) is 0 Å². The largest absolute Gasteiger partial charge is 0.395 e. The quantitative estimate of drug-likeness (QED) is 0.383. The second kappa shape index (κ2) is 11.7. The molecular formula is C24H35N7O2. The van der Waals surface area contributed by atoms with E-state index in [2.05, 4.69) is 58.2 Å². The summed E-state index contributed by atoms with van der Waals surface area (Å²) in [5, 5.41) is 17.3. The highest BCUT2D eigenvalue weighted by Gasteiger charge is 2.15. The third kappa shape index (κ3) is 6.49. The summed E-state index contributed by atoms with van der Waals surface area (Å²) in [5.41, 5.74) is 8.18. The van der Waals surface area contributed by atoms with Crippen LogP contribution in [0.5, 0.6) is 0 Å². The van der Waals surface area contributed by atoms with Crippen LogP contribution in [0.3, 0.4) is 0 Å². The molecule has 178 valence electrons. The molecule has 2 heterocycles. The van der Waals surface area contributed by atoms with E-state index in [9.17, 15) is 9.90 Å². The van der Waals surface area contributed by atoms with Crippen molar-refractivity contribution in [1.29, 1.82) is 0 Å². The highest BCUT2D eigenvalue weighted by atomic mass is 16.3. The number of nitrogen functional groups attached to an aromatic ring is 1. The highest BCUT2D eigenvalue weighted by molar-refractivity contribution is 5.88. The van der Waals surface area contributed by atoms with E-state index in [0.717, 1.165) is 37.9 Å². The molecule has 0 aliphatic rings. The molecule has 3 rings (SSSR count). The van der Waals surface area contributed by atoms with Crippen LogP contribution in [0.15, 0.2) is 35.3 Å². The van der Waals surface area contributed by atoms with Crippen LogP contribution < -0.4 is 16.6 Å². The molecule has 9 heteroatoms. The van der Waals surface area contributed by atoms with Crippen LogP contribution in [0, 0.1) is 0 Å². The molecule has 1 atom stereocenters. The van der Waals surface area contributed by atoms with Crippen LogP contribution in [0.25, 0.3) is 10.9 Å². The zero-order valence-electron chi connectivity index (χ0n) is 19.8. The van der Waals surface area contributed by atoms with E-state index in [-0.39, 0.29) is 24.2 Å². The van der Waals surface area contributed by atoms with Crippen molar-refractivity contribution in [2.24, 2.45) is 0 Å². The first-order valence-corrected chi connectivity index (χ1v) is 11.7. The van der Waals surface area contributed by atoms with E-state index in [0.29, 0.717) is 29.8 Å². The Morgan fingerprint density at radius 1 is 1.12 bits per heavy atom. The van der Waals surface area contributed by atoms with Gasteiger partial charge in [0.1, 0.15) is 16.7 Å². The lowest BCUT2D eigenvalue weighted by atomic mass is 10.1. The number of nitrogens with two attached hydrogens (primary N) is 1. The van der Waals surface area contributed by atoms with Gasteiger partial charge in [-0.25, -0.2) is 9.67 Å². The summed E-state index contributed by atoms with van der Waals surface area (Å²) < 4.78 is 1.43. The fourth-order valence-corrected chi connectivity index (χ4v) is 3.97. The summed E-state index contributed by atoms with van der Waals surface area (Å²) in [6, 6.07) is 8.30. The van der Waals surface area contributed by atoms with Crippen molar-refractivity contribution in [2.45, 2.75) is 59.2 Å². The number of hydrogen-bond donors (Lipinski definition) is 3. The maximum Gasteiger partial charge on any atom is 0.280 e. The second-order valence-electron chi connectivity index (χ2n) is 8.45. The maximum atomic E-state index is 13.3. The molecule has 0 unspecified atom stereocenters. The number of hydrogen-bond acceptors (Lipinski definition) is 8. The molecule has 0 fully saturated rings. The summed E-state index contributed by atoms with van der Waals surface area (Å²) in [6.07, 6.45) is 4.57. The Morgan fingerprint density at radius 3 is 2.52 bits per heavy atom. The summed E-state index contributed by atoms with van der Waals surface area (Å²) >= 11 is 0. The molecule has 0 aliphatic heterocycles. The first kappa shape index (κ1) is 24.6. The molecule has 4 N–H and O–H groups in total. The van der Waals surface area contributed by atoms with Crippen LogP contribution in [0.2, 0.25) is 0 Å². The smallest absolute Gasteiger partial charge is 0.280 e. The van der Waals surface area contributed by atoms with E-state index in [1.807, 2.05) is 12.1 Å². The lowest BCUT2D eigenvalue weighted by molar-refractivity contribution is 0.190. The van der Waals surface area contributed by atoms with Gasteiger partial charge in [0.2, 0.25) is 5.95 Å². The minimum Gasteiger partial charge on any atom is -0.395 e. The predicted octanol–water partition coefficient (Wildman–Crippen LogP) is 2.62. The monoisotopic (exact) mass is 453 g/mol. The van der Waals surface area contributed by atoms with Gasteiger partial charge in [0.05, 0.1) is 19.3 Å². The number of nitrogens with zero attached hydrogens (tertiary/aromatic N) is 5. The van der Waals surface area contributed by atoms with E-state index in [1.54, 1.807) is 6.20 Å². The van der Waals surface area contributed by atoms with Crippen molar-refractivity contribution >= 4 is 22.7 Å². The topological polar surface area (TPSA) is 122 Å². The average molecular weight is 454 g/mol. The van der Waals surface area contributed by atoms with E-state index >= 15 is 0 Å². The van der Waals surface area contributed by atoms with Crippen LogP contribution in [0.1, 0.15) is 51.2 Å². The van der Waals surface area contributed by atoms with Crippen LogP contribution in [-0.4, -0.2) is 55.5 Å². The van der Waals surface area contributed by atoms with Crippen LogP contribution in [-0.2, 0) is 13.1 Å². The first-order valence-electron chi connectivity index (χ1n) is 11.7. The fraction of sp³-hybridized carbons (Fsp3) is 0.500. The number of fused-ring (bicyclic) bond motifs is 1. The van der Waals surface area contributed by atoms with Gasteiger partial charge in [-0.3, -0.25) is 9.69 Å². The SMILES string of the molecule is CCC[C@@H](C)Nc1nc(N)nc2cnn(Cc3ccc(CN(CCC)CCO)cc3)c(=O)c12. The van der Waals surface area contributed by atoms with Gasteiger partial charge in [0.15, 0.2) is 0 Å². The van der Waals surface area contributed by atoms with Crippen LogP contribution in [0.4, 0.5) is 11.8 Å². The summed E-state index contributed by atoms with van der Waals surface area (Å²) in [7, 11) is 0. The lowest BCUT2D eigenvalue weighted by Crippen LogP contribution is -2.27. The third-order valence-electron chi connectivity index (χ3n) is 5.54. The minimum absolute atomic E-state index is 0.113. The number of rotatable bonds is 12. The van der Waals surface area contributed by atoms with Gasteiger partial charge >= 0.3 is 0 Å². The Labute approximate surface area is 194 Å². The summed E-state index contributed by atoms with van der Waals surface area (Å²) in [5.74, 6) is 0.566. The zero-order chi connectivity index (χ0) is 23.8. The number of anilines is 2. The van der Waals surface area contributed by atoms with Crippen LogP contribution >= 0.6 is 0 Å². The molecule has 0 radical (unpaired) electrons. The van der Waals surface area contributed by atoms with Gasteiger partial charge in [-0.05, 0) is 37.4 Å². The van der Waals surface area contributed by atoms with Crippen molar-refractivity contribution in [3.8, 4) is 0 Å². The summed E-state index contributed by atoms with van der Waals surface area (Å²) in [6.45, 7) is 9.18. The molecule has 1 aromatic carbocycles. The molecule has 2 aromatic heterocycles. The third-order valence-corrected chi connectivity index (χ3v) is 5.54. The van der Waals surface area contributed by atoms with Crippen molar-refractivity contribution in [3.05, 3.63) is 51.9 Å². The molecule has 0 saturated heterocycles. The van der Waals surface area contributed by atoms with Crippen molar-refractivity contribution < 1.29 is 5.11 Å². The zero-order valence-corrected chi connectivity index (χ0v) is 19.8. The number of aromatic nitrogens is 4. The molecule has 0 aliphatic carbocycles. The number of nitrogens with one attached hydrogen (secondary N) is 1. The predicted molar refractivity (Wildman–Crippen MR) is 132 cm³/mol. The van der Waals surface area contributed by atoms with Gasteiger partial charge in [-0.1, -0.05) is 44.5 Å². The average Bonchev–Trinajstić information content (AvgIpc) is 2.77. The van der Waals surface area contributed by atoms with Gasteiger partial charge in [-0.15, -0.1) is 0 Å². The lowest BCUT2D eigenvalue weighted by Gasteiger charge is -2.20. The molecule has 3 aromatic rings. The molecular weight excluding hydrogens is 418 g/mol. The van der Waals surface area contributed by atoms with E-state index < -0.39 is 0 Å². The minimum atomic E-state index is -0.250. The number of benzene rings is 1. The van der Waals surface area contributed by atoms with Gasteiger partial charge < -0.3 is 16.2 Å². The molecule has 0 amide bonds. The molecule has 0 saturated carbocycles. The number of aliphatic hydroxyl groups excluding tert-OH is 1. The Balaban J connectivity index is 1.83. The Hall–Kier alpha value is -3.04. The summed E-state index contributed by atoms with van der Waals surface area (Å²) in [4.78, 5) is 24.0. The Morgan fingerprint density at radius 2 is 1.85 bits per heavy atom. The maximum absolute atomic E-state index is 13.3. The highest BCUT2D eigenvalue weighted by Crippen LogP contribution is 2.19. The van der Waals surface area contributed by atoms with Gasteiger partial charge in [0, 0.05) is 19.1 Å². The first-order chi connectivity index (χ1) is 15.9. The standard InChI is InChI=1S/C24H35N7O2/c1-4-6-17(3)27-22-21-20(28-24(25)29-22)14-26-31(23(21)33)16-19-9-7-18(8-10-19)15-30(11-5-2)12-13-32/h7-10,14,17,32H,4-6,11-13,15-16H2,1-3H3,(H3,25,27,28,29)/t17-/m1/s1. The van der Waals surface area contributed by atoms with Gasteiger partial charge in [0.25, 0.3) is 5.56 Å². The molecule has 9 nitrogen and oxygen atoms in total. The van der Waals surface area contributed by atoms with Crippen molar-refractivity contribution in [2.75, 3.05) is 30.7 Å². The molecule has 0 spiro atoms. The van der Waals surface area contributed by atoms with Gasteiger partial charge in [-0.2, -0.15) is 10.1 Å². The fourth-order valence-electron chi connectivity index (χ4n) is 3.97.